The van der Waals surface area contributed by atoms with Gasteiger partial charge in [-0.25, -0.2) is 9.97 Å². The number of nitrogens with one attached hydrogen (secondary N) is 1. The molecule has 1 unspecified atom stereocenters. The van der Waals surface area contributed by atoms with Gasteiger partial charge in [-0.2, -0.15) is 0 Å². The largest absolute Gasteiger partial charge is 0.372 e. The van der Waals surface area contributed by atoms with Crippen LogP contribution < -0.4 is 5.32 Å². The summed E-state index contributed by atoms with van der Waals surface area (Å²) in [4.78, 5) is 31.2. The number of likely N-dealkylation sites (tertiary alicyclic amines) is 1. The highest BCUT2D eigenvalue weighted by atomic mass is 16.2. The zero-order valence-electron chi connectivity index (χ0n) is 13.1. The summed E-state index contributed by atoms with van der Waals surface area (Å²) in [7, 11) is 1.85. The molecule has 0 bridgehead atoms. The molecule has 3 rings (SSSR count). The van der Waals surface area contributed by atoms with Gasteiger partial charge in [0.05, 0.1) is 11.9 Å². The lowest BCUT2D eigenvalue weighted by molar-refractivity contribution is 0.0666. The minimum Gasteiger partial charge on any atom is -0.372 e. The predicted molar refractivity (Wildman–Crippen MR) is 85.9 cm³/mol. The molecule has 0 spiro atoms. The van der Waals surface area contributed by atoms with Crippen molar-refractivity contribution in [3.8, 4) is 0 Å². The highest BCUT2D eigenvalue weighted by Crippen LogP contribution is 2.23. The average Bonchev–Trinajstić information content (AvgIpc) is 2.62. The van der Waals surface area contributed by atoms with E-state index in [0.717, 1.165) is 43.9 Å². The van der Waals surface area contributed by atoms with Gasteiger partial charge in [-0.3, -0.25) is 14.8 Å². The van der Waals surface area contributed by atoms with Crippen LogP contribution in [0.25, 0.3) is 0 Å². The fraction of sp³-hybridized carbons (Fsp3) is 0.438. The Bertz CT molecular complexity index is 663. The molecule has 3 heterocycles. The maximum Gasteiger partial charge on any atom is 0.274 e. The van der Waals surface area contributed by atoms with E-state index >= 15 is 0 Å². The van der Waals surface area contributed by atoms with E-state index in [4.69, 9.17) is 0 Å². The lowest BCUT2D eigenvalue weighted by Crippen LogP contribution is -2.41. The van der Waals surface area contributed by atoms with Crippen LogP contribution in [-0.4, -0.2) is 50.9 Å². The number of hydrogen-bond donors (Lipinski definition) is 1. The van der Waals surface area contributed by atoms with Crippen LogP contribution >= 0.6 is 0 Å². The molecule has 0 radical (unpaired) electrons. The number of carbonyl (C=O) groups is 1. The summed E-state index contributed by atoms with van der Waals surface area (Å²) in [6.45, 7) is 1.49. The van der Waals surface area contributed by atoms with Crippen LogP contribution in [0.4, 0.5) is 5.82 Å². The molecule has 2 aromatic rings. The van der Waals surface area contributed by atoms with E-state index in [-0.39, 0.29) is 5.91 Å². The fourth-order valence-electron chi connectivity index (χ4n) is 2.99. The first-order valence-electron chi connectivity index (χ1n) is 7.81. The molecule has 1 aliphatic rings. The lowest BCUT2D eigenvalue weighted by Gasteiger charge is -2.32. The van der Waals surface area contributed by atoms with Crippen molar-refractivity contribution in [1.29, 1.82) is 0 Å². The Balaban J connectivity index is 1.68. The monoisotopic (exact) mass is 312 g/mol. The topological polar surface area (TPSA) is 83.9 Å². The molecule has 1 N–H and O–H groups in total. The van der Waals surface area contributed by atoms with E-state index in [2.05, 4.69) is 25.3 Å². The zero-order valence-corrected chi connectivity index (χ0v) is 13.1. The molecule has 7 heteroatoms. The standard InChI is InChI=1S/C16H20N6O/c1-17-15-13(19-6-7-21-15)9-12-3-2-8-22(11-12)16(23)14-10-18-4-5-20-14/h4-7,10,12H,2-3,8-9,11H2,1H3,(H,17,21). The second kappa shape index (κ2) is 7.13. The van der Waals surface area contributed by atoms with Crippen molar-refractivity contribution in [2.45, 2.75) is 19.3 Å². The normalized spacial score (nSPS) is 17.8. The first kappa shape index (κ1) is 15.3. The quantitative estimate of drug-likeness (QED) is 0.919. The van der Waals surface area contributed by atoms with Crippen molar-refractivity contribution in [1.82, 2.24) is 24.8 Å². The Hall–Kier alpha value is -2.57. The molecular formula is C16H20N6O. The van der Waals surface area contributed by atoms with E-state index in [0.29, 0.717) is 11.6 Å². The van der Waals surface area contributed by atoms with E-state index in [9.17, 15) is 4.79 Å². The van der Waals surface area contributed by atoms with Gasteiger partial charge in [0.2, 0.25) is 0 Å². The van der Waals surface area contributed by atoms with E-state index in [1.165, 1.54) is 6.20 Å². The summed E-state index contributed by atoms with van der Waals surface area (Å²) in [5.74, 6) is 1.15. The average molecular weight is 312 g/mol. The third-order valence-electron chi connectivity index (χ3n) is 4.08. The Labute approximate surface area is 135 Å². The Morgan fingerprint density at radius 2 is 2.09 bits per heavy atom. The predicted octanol–water partition coefficient (Wildman–Crippen LogP) is 1.40. The van der Waals surface area contributed by atoms with Gasteiger partial charge < -0.3 is 10.2 Å². The number of piperidine rings is 1. The second-order valence-corrected chi connectivity index (χ2v) is 5.66. The van der Waals surface area contributed by atoms with Gasteiger partial charge in [0.1, 0.15) is 11.5 Å². The third-order valence-corrected chi connectivity index (χ3v) is 4.08. The van der Waals surface area contributed by atoms with Gasteiger partial charge in [0.15, 0.2) is 0 Å². The molecule has 0 aliphatic carbocycles. The van der Waals surface area contributed by atoms with Crippen LogP contribution in [0.5, 0.6) is 0 Å². The lowest BCUT2D eigenvalue weighted by atomic mass is 9.93. The van der Waals surface area contributed by atoms with Gasteiger partial charge >= 0.3 is 0 Å². The van der Waals surface area contributed by atoms with Crippen molar-refractivity contribution < 1.29 is 4.79 Å². The molecule has 1 amide bonds. The second-order valence-electron chi connectivity index (χ2n) is 5.66. The van der Waals surface area contributed by atoms with Gasteiger partial charge in [-0.1, -0.05) is 0 Å². The highest BCUT2D eigenvalue weighted by Gasteiger charge is 2.26. The summed E-state index contributed by atoms with van der Waals surface area (Å²) in [6.07, 6.45) is 10.9. The molecule has 23 heavy (non-hydrogen) atoms. The summed E-state index contributed by atoms with van der Waals surface area (Å²) >= 11 is 0. The molecule has 7 nitrogen and oxygen atoms in total. The number of carbonyl (C=O) groups excluding carboxylic acids is 1. The maximum atomic E-state index is 12.5. The third kappa shape index (κ3) is 3.61. The van der Waals surface area contributed by atoms with Crippen LogP contribution in [-0.2, 0) is 6.42 Å². The number of nitrogens with zero attached hydrogens (tertiary/aromatic N) is 5. The molecule has 1 saturated heterocycles. The summed E-state index contributed by atoms with van der Waals surface area (Å²) < 4.78 is 0. The summed E-state index contributed by atoms with van der Waals surface area (Å²) in [6, 6.07) is 0. The van der Waals surface area contributed by atoms with Crippen LogP contribution in [0.15, 0.2) is 31.0 Å². The molecule has 120 valence electrons. The Morgan fingerprint density at radius 3 is 2.87 bits per heavy atom. The smallest absolute Gasteiger partial charge is 0.274 e. The molecular weight excluding hydrogens is 292 g/mol. The van der Waals surface area contributed by atoms with Crippen molar-refractivity contribution in [3.05, 3.63) is 42.4 Å². The van der Waals surface area contributed by atoms with Crippen molar-refractivity contribution in [2.75, 3.05) is 25.5 Å². The van der Waals surface area contributed by atoms with Gasteiger partial charge in [-0.05, 0) is 25.2 Å². The zero-order chi connectivity index (χ0) is 16.1. The first-order valence-corrected chi connectivity index (χ1v) is 7.81. The molecule has 2 aromatic heterocycles. The SMILES string of the molecule is CNc1nccnc1CC1CCCN(C(=O)c2cnccn2)C1. The molecule has 1 atom stereocenters. The summed E-state index contributed by atoms with van der Waals surface area (Å²) in [5.41, 5.74) is 1.36. The number of amides is 1. The van der Waals surface area contributed by atoms with Crippen LogP contribution in [0, 0.1) is 5.92 Å². The first-order chi connectivity index (χ1) is 11.3. The number of hydrogen-bond acceptors (Lipinski definition) is 6. The molecule has 1 aliphatic heterocycles. The van der Waals surface area contributed by atoms with E-state index < -0.39 is 0 Å². The number of rotatable bonds is 4. The summed E-state index contributed by atoms with van der Waals surface area (Å²) in [5, 5.41) is 3.07. The van der Waals surface area contributed by atoms with Crippen LogP contribution in [0.1, 0.15) is 29.0 Å². The Morgan fingerprint density at radius 1 is 1.26 bits per heavy atom. The fourth-order valence-corrected chi connectivity index (χ4v) is 2.99. The van der Waals surface area contributed by atoms with Crippen LogP contribution in [0.3, 0.4) is 0 Å². The van der Waals surface area contributed by atoms with E-state index in [1.807, 2.05) is 11.9 Å². The number of anilines is 1. The highest BCUT2D eigenvalue weighted by molar-refractivity contribution is 5.92. The minimum absolute atomic E-state index is 0.0456. The van der Waals surface area contributed by atoms with Crippen molar-refractivity contribution in [2.24, 2.45) is 5.92 Å². The van der Waals surface area contributed by atoms with E-state index in [1.54, 1.807) is 24.8 Å². The molecule has 1 fully saturated rings. The van der Waals surface area contributed by atoms with Crippen molar-refractivity contribution in [3.63, 3.8) is 0 Å². The van der Waals surface area contributed by atoms with Crippen molar-refractivity contribution >= 4 is 11.7 Å². The van der Waals surface area contributed by atoms with Gasteiger partial charge in [-0.15, -0.1) is 0 Å². The molecule has 0 aromatic carbocycles. The van der Waals surface area contributed by atoms with Crippen LogP contribution in [0.2, 0.25) is 0 Å². The van der Waals surface area contributed by atoms with Gasteiger partial charge in [0.25, 0.3) is 5.91 Å². The number of aromatic nitrogens is 4. The maximum absolute atomic E-state index is 12.5. The minimum atomic E-state index is -0.0456. The van der Waals surface area contributed by atoms with Gasteiger partial charge in [0, 0.05) is 44.9 Å². The Kier molecular flexibility index (Phi) is 4.75. The molecule has 0 saturated carbocycles.